The fraction of sp³-hybridized carbons (Fsp3) is 0.458. The fourth-order valence-electron chi connectivity index (χ4n) is 4.41. The Balaban J connectivity index is 1.28. The zero-order chi connectivity index (χ0) is 22.6. The molecule has 0 atom stereocenters. The Morgan fingerprint density at radius 3 is 2.16 bits per heavy atom. The van der Waals surface area contributed by atoms with Gasteiger partial charge in [0.2, 0.25) is 15.9 Å². The highest BCUT2D eigenvalue weighted by Crippen LogP contribution is 2.24. The average Bonchev–Trinajstić information content (AvgIpc) is 2.82. The van der Waals surface area contributed by atoms with E-state index in [9.17, 15) is 13.2 Å². The first-order chi connectivity index (χ1) is 15.4. The summed E-state index contributed by atoms with van der Waals surface area (Å²) in [5, 5.41) is 2.97. The van der Waals surface area contributed by atoms with Crippen LogP contribution >= 0.6 is 15.9 Å². The summed E-state index contributed by atoms with van der Waals surface area (Å²) >= 11 is 3.46. The summed E-state index contributed by atoms with van der Waals surface area (Å²) in [5.41, 5.74) is 1.92. The van der Waals surface area contributed by atoms with Crippen LogP contribution in [0, 0.1) is 5.92 Å². The van der Waals surface area contributed by atoms with Crippen molar-refractivity contribution in [3.05, 3.63) is 58.6 Å². The van der Waals surface area contributed by atoms with Crippen LogP contribution in [0.1, 0.15) is 37.7 Å². The number of carbonyl (C=O) groups is 1. The van der Waals surface area contributed by atoms with Gasteiger partial charge in [-0.1, -0.05) is 34.5 Å². The first-order valence-electron chi connectivity index (χ1n) is 11.3. The van der Waals surface area contributed by atoms with Gasteiger partial charge in [-0.2, -0.15) is 4.31 Å². The number of halogens is 1. The summed E-state index contributed by atoms with van der Waals surface area (Å²) in [6, 6.07) is 14.9. The topological polar surface area (TPSA) is 69.7 Å². The Morgan fingerprint density at radius 1 is 0.906 bits per heavy atom. The van der Waals surface area contributed by atoms with E-state index in [2.05, 4.69) is 50.4 Å². The predicted octanol–water partition coefficient (Wildman–Crippen LogP) is 4.47. The van der Waals surface area contributed by atoms with Crippen molar-refractivity contribution in [2.24, 2.45) is 5.92 Å². The lowest BCUT2D eigenvalue weighted by Crippen LogP contribution is -2.37. The van der Waals surface area contributed by atoms with Crippen molar-refractivity contribution in [2.75, 3.05) is 31.5 Å². The Bertz CT molecular complexity index is 1010. The molecule has 0 aromatic heterocycles. The van der Waals surface area contributed by atoms with Gasteiger partial charge in [0.05, 0.1) is 4.90 Å². The summed E-state index contributed by atoms with van der Waals surface area (Å²) in [5.74, 6) is -0.00661. The van der Waals surface area contributed by atoms with Crippen molar-refractivity contribution >= 4 is 37.5 Å². The molecular formula is C24H30BrN3O3S. The van der Waals surface area contributed by atoms with Crippen LogP contribution < -0.4 is 5.32 Å². The first-order valence-corrected chi connectivity index (χ1v) is 13.5. The second-order valence-corrected chi connectivity index (χ2v) is 11.5. The van der Waals surface area contributed by atoms with Crippen LogP contribution in [0.5, 0.6) is 0 Å². The molecule has 2 aliphatic rings. The van der Waals surface area contributed by atoms with Crippen LogP contribution in [-0.2, 0) is 21.4 Å². The van der Waals surface area contributed by atoms with E-state index in [0.717, 1.165) is 56.2 Å². The van der Waals surface area contributed by atoms with E-state index in [1.165, 1.54) is 5.56 Å². The van der Waals surface area contributed by atoms with E-state index in [-0.39, 0.29) is 11.8 Å². The van der Waals surface area contributed by atoms with Gasteiger partial charge in [-0.25, -0.2) is 8.42 Å². The molecule has 2 fully saturated rings. The quantitative estimate of drug-likeness (QED) is 0.610. The number of benzene rings is 2. The van der Waals surface area contributed by atoms with Crippen molar-refractivity contribution in [3.8, 4) is 0 Å². The van der Waals surface area contributed by atoms with Crippen molar-refractivity contribution in [3.63, 3.8) is 0 Å². The zero-order valence-corrected chi connectivity index (χ0v) is 20.6. The molecule has 0 spiro atoms. The molecule has 1 N–H and O–H groups in total. The van der Waals surface area contributed by atoms with Crippen molar-refractivity contribution in [1.82, 2.24) is 9.21 Å². The van der Waals surface area contributed by atoms with Crippen LogP contribution in [0.25, 0.3) is 0 Å². The molecule has 6 nitrogen and oxygen atoms in total. The number of sulfonamides is 1. The van der Waals surface area contributed by atoms with Gasteiger partial charge in [0.25, 0.3) is 0 Å². The standard InChI is InChI=1S/C24H30BrN3O3S/c25-21-6-4-19(5-7-21)18-27-16-12-20(13-17-27)24(29)26-22-8-10-23(11-9-22)32(30,31)28-14-2-1-3-15-28/h4-11,20H,1-3,12-18H2,(H,26,29). The maximum atomic E-state index is 12.8. The Hall–Kier alpha value is -1.74. The van der Waals surface area contributed by atoms with E-state index in [0.29, 0.717) is 23.7 Å². The summed E-state index contributed by atoms with van der Waals surface area (Å²) < 4.78 is 28.2. The molecule has 1 amide bonds. The lowest BCUT2D eigenvalue weighted by molar-refractivity contribution is -0.121. The lowest BCUT2D eigenvalue weighted by atomic mass is 9.95. The summed E-state index contributed by atoms with van der Waals surface area (Å²) in [6.07, 6.45) is 4.55. The molecule has 4 rings (SSSR count). The molecule has 0 bridgehead atoms. The number of anilines is 1. The van der Waals surface area contributed by atoms with Crippen LogP contribution in [0.3, 0.4) is 0 Å². The van der Waals surface area contributed by atoms with E-state index in [1.54, 1.807) is 28.6 Å². The maximum Gasteiger partial charge on any atom is 0.243 e. The van der Waals surface area contributed by atoms with E-state index in [1.807, 2.05) is 0 Å². The number of likely N-dealkylation sites (tertiary alicyclic amines) is 1. The van der Waals surface area contributed by atoms with Crippen LogP contribution in [0.15, 0.2) is 57.9 Å². The summed E-state index contributed by atoms with van der Waals surface area (Å²) in [7, 11) is -3.45. The molecule has 0 radical (unpaired) electrons. The Morgan fingerprint density at radius 2 is 1.53 bits per heavy atom. The second kappa shape index (κ2) is 10.5. The summed E-state index contributed by atoms with van der Waals surface area (Å²) in [4.78, 5) is 15.4. The average molecular weight is 520 g/mol. The van der Waals surface area contributed by atoms with Gasteiger partial charge in [-0.15, -0.1) is 0 Å². The van der Waals surface area contributed by atoms with Crippen molar-refractivity contribution in [1.29, 1.82) is 0 Å². The highest BCUT2D eigenvalue weighted by molar-refractivity contribution is 9.10. The smallest absolute Gasteiger partial charge is 0.243 e. The van der Waals surface area contributed by atoms with Gasteiger partial charge in [-0.05, 0) is 80.7 Å². The van der Waals surface area contributed by atoms with E-state index in [4.69, 9.17) is 0 Å². The number of hydrogen-bond acceptors (Lipinski definition) is 4. The predicted molar refractivity (Wildman–Crippen MR) is 130 cm³/mol. The maximum absolute atomic E-state index is 12.8. The third kappa shape index (κ3) is 5.78. The van der Waals surface area contributed by atoms with Gasteiger partial charge < -0.3 is 5.32 Å². The molecule has 172 valence electrons. The van der Waals surface area contributed by atoms with E-state index < -0.39 is 10.0 Å². The molecule has 2 heterocycles. The van der Waals surface area contributed by atoms with Gasteiger partial charge in [0.15, 0.2) is 0 Å². The highest BCUT2D eigenvalue weighted by Gasteiger charge is 2.27. The SMILES string of the molecule is O=C(Nc1ccc(S(=O)(=O)N2CCCCC2)cc1)C1CCN(Cc2ccc(Br)cc2)CC1. The van der Waals surface area contributed by atoms with Gasteiger partial charge in [0, 0.05) is 35.7 Å². The molecule has 0 saturated carbocycles. The van der Waals surface area contributed by atoms with Crippen LogP contribution in [-0.4, -0.2) is 49.7 Å². The lowest BCUT2D eigenvalue weighted by Gasteiger charge is -2.31. The fourth-order valence-corrected chi connectivity index (χ4v) is 6.19. The number of amides is 1. The number of rotatable bonds is 6. The van der Waals surface area contributed by atoms with Crippen molar-refractivity contribution in [2.45, 2.75) is 43.5 Å². The monoisotopic (exact) mass is 519 g/mol. The van der Waals surface area contributed by atoms with Gasteiger partial charge in [0.1, 0.15) is 0 Å². The first kappa shape index (κ1) is 23.4. The Kier molecular flexibility index (Phi) is 7.66. The van der Waals surface area contributed by atoms with Crippen molar-refractivity contribution < 1.29 is 13.2 Å². The minimum atomic E-state index is -3.45. The number of nitrogens with one attached hydrogen (secondary N) is 1. The molecule has 32 heavy (non-hydrogen) atoms. The van der Waals surface area contributed by atoms with Crippen LogP contribution in [0.2, 0.25) is 0 Å². The number of hydrogen-bond donors (Lipinski definition) is 1. The van der Waals surface area contributed by atoms with E-state index >= 15 is 0 Å². The molecule has 8 heteroatoms. The molecule has 2 aliphatic heterocycles. The Labute approximate surface area is 199 Å². The van der Waals surface area contributed by atoms with Gasteiger partial charge in [-0.3, -0.25) is 9.69 Å². The number of nitrogens with zero attached hydrogens (tertiary/aromatic N) is 2. The van der Waals surface area contributed by atoms with Gasteiger partial charge >= 0.3 is 0 Å². The number of carbonyl (C=O) groups excluding carboxylic acids is 1. The molecule has 2 saturated heterocycles. The number of piperidine rings is 2. The highest BCUT2D eigenvalue weighted by atomic mass is 79.9. The third-order valence-corrected chi connectivity index (χ3v) is 8.79. The molecular weight excluding hydrogens is 490 g/mol. The normalized spacial score (nSPS) is 19.0. The minimum Gasteiger partial charge on any atom is -0.326 e. The largest absolute Gasteiger partial charge is 0.326 e. The third-order valence-electron chi connectivity index (χ3n) is 6.35. The molecule has 0 unspecified atom stereocenters. The summed E-state index contributed by atoms with van der Waals surface area (Å²) in [6.45, 7) is 3.85. The molecule has 2 aromatic carbocycles. The molecule has 0 aliphatic carbocycles. The zero-order valence-electron chi connectivity index (χ0n) is 18.2. The molecule has 2 aromatic rings. The van der Waals surface area contributed by atoms with Crippen LogP contribution in [0.4, 0.5) is 5.69 Å². The second-order valence-electron chi connectivity index (χ2n) is 8.66. The minimum absolute atomic E-state index is 0.0138.